The Morgan fingerprint density at radius 1 is 1.32 bits per heavy atom. The predicted molar refractivity (Wildman–Crippen MR) is 110 cm³/mol. The van der Waals surface area contributed by atoms with Crippen LogP contribution in [-0.2, 0) is 6.18 Å². The molecule has 0 saturated carbocycles. The van der Waals surface area contributed by atoms with E-state index in [0.29, 0.717) is 24.3 Å². The summed E-state index contributed by atoms with van der Waals surface area (Å²) < 4.78 is 44.0. The van der Waals surface area contributed by atoms with Crippen LogP contribution in [0, 0.1) is 5.92 Å². The maximum Gasteiger partial charge on any atom is 0.418 e. The van der Waals surface area contributed by atoms with Gasteiger partial charge in [0, 0.05) is 31.5 Å². The van der Waals surface area contributed by atoms with Crippen LogP contribution in [0.4, 0.5) is 30.4 Å². The Labute approximate surface area is 175 Å². The highest BCUT2D eigenvalue weighted by Crippen LogP contribution is 2.35. The molecule has 3 aromatic heterocycles. The average molecular weight is 434 g/mol. The van der Waals surface area contributed by atoms with E-state index in [1.165, 1.54) is 6.20 Å². The van der Waals surface area contributed by atoms with E-state index in [1.54, 1.807) is 12.3 Å². The van der Waals surface area contributed by atoms with Crippen LogP contribution in [-0.4, -0.2) is 35.0 Å². The third-order valence-corrected chi connectivity index (χ3v) is 5.19. The van der Waals surface area contributed by atoms with Crippen LogP contribution < -0.4 is 21.7 Å². The Morgan fingerprint density at radius 3 is 2.81 bits per heavy atom. The summed E-state index contributed by atoms with van der Waals surface area (Å²) in [6.45, 7) is 3.49. The van der Waals surface area contributed by atoms with E-state index >= 15 is 0 Å². The fourth-order valence-electron chi connectivity index (χ4n) is 3.91. The third-order valence-electron chi connectivity index (χ3n) is 5.19. The average Bonchev–Trinajstić information content (AvgIpc) is 3.02. The zero-order valence-electron chi connectivity index (χ0n) is 16.6. The van der Waals surface area contributed by atoms with Crippen molar-refractivity contribution in [3.05, 3.63) is 41.9 Å². The van der Waals surface area contributed by atoms with E-state index in [1.807, 2.05) is 0 Å². The third kappa shape index (κ3) is 4.13. The van der Waals surface area contributed by atoms with Crippen LogP contribution in [0.2, 0.25) is 0 Å². The number of carbonyl (C=O) groups is 1. The first-order chi connectivity index (χ1) is 14.6. The van der Waals surface area contributed by atoms with Crippen molar-refractivity contribution in [2.45, 2.75) is 25.6 Å². The van der Waals surface area contributed by atoms with E-state index in [9.17, 15) is 18.0 Å². The lowest BCUT2D eigenvalue weighted by atomic mass is 9.96. The highest BCUT2D eigenvalue weighted by atomic mass is 19.4. The van der Waals surface area contributed by atoms with Gasteiger partial charge >= 0.3 is 6.18 Å². The van der Waals surface area contributed by atoms with Gasteiger partial charge in [-0.3, -0.25) is 14.8 Å². The Hall–Kier alpha value is -3.34. The second-order valence-corrected chi connectivity index (χ2v) is 7.76. The van der Waals surface area contributed by atoms with Crippen LogP contribution in [0.1, 0.15) is 29.3 Å². The number of alkyl halides is 3. The first-order valence-corrected chi connectivity index (χ1v) is 9.64. The highest BCUT2D eigenvalue weighted by molar-refractivity contribution is 6.15. The molecule has 1 aliphatic rings. The van der Waals surface area contributed by atoms with Crippen LogP contribution in [0.5, 0.6) is 0 Å². The molecular formula is C20H21F3N6O2. The molecular weight excluding hydrogens is 413 g/mol. The lowest BCUT2D eigenvalue weighted by Gasteiger charge is -2.37. The molecule has 31 heavy (non-hydrogen) atoms. The summed E-state index contributed by atoms with van der Waals surface area (Å²) in [4.78, 5) is 22.9. The summed E-state index contributed by atoms with van der Waals surface area (Å²) in [5.41, 5.74) is 11.7. The molecule has 0 unspecified atom stereocenters. The van der Waals surface area contributed by atoms with E-state index < -0.39 is 17.6 Å². The number of piperidine rings is 1. The van der Waals surface area contributed by atoms with Crippen molar-refractivity contribution in [3.63, 3.8) is 0 Å². The molecule has 3 aromatic rings. The lowest BCUT2D eigenvalue weighted by Crippen LogP contribution is -2.46. The molecule has 0 bridgehead atoms. The van der Waals surface area contributed by atoms with E-state index in [4.69, 9.17) is 15.9 Å². The molecule has 1 aliphatic heterocycles. The molecule has 8 nitrogen and oxygen atoms in total. The van der Waals surface area contributed by atoms with Crippen molar-refractivity contribution in [2.24, 2.45) is 11.7 Å². The Bertz CT molecular complexity index is 1120. The number of carbonyl (C=O) groups excluding carboxylic acids is 1. The van der Waals surface area contributed by atoms with Gasteiger partial charge in [-0.25, -0.2) is 0 Å². The molecule has 2 atom stereocenters. The smallest absolute Gasteiger partial charge is 0.418 e. The number of aromatic nitrogens is 2. The van der Waals surface area contributed by atoms with Crippen LogP contribution in [0.15, 0.2) is 35.1 Å². The molecule has 5 N–H and O–H groups in total. The molecule has 4 heterocycles. The second-order valence-electron chi connectivity index (χ2n) is 7.76. The molecule has 0 radical (unpaired) electrons. The lowest BCUT2D eigenvalue weighted by molar-refractivity contribution is -0.137. The van der Waals surface area contributed by atoms with Gasteiger partial charge in [0.1, 0.15) is 11.1 Å². The largest absolute Gasteiger partial charge is 0.438 e. The minimum atomic E-state index is -4.60. The number of furan rings is 1. The highest BCUT2D eigenvalue weighted by Gasteiger charge is 2.33. The number of nitrogens with one attached hydrogen (secondary N) is 1. The van der Waals surface area contributed by atoms with Gasteiger partial charge in [-0.15, -0.1) is 0 Å². The number of anilines is 3. The molecule has 11 heteroatoms. The quantitative estimate of drug-likeness (QED) is 0.578. The van der Waals surface area contributed by atoms with Crippen LogP contribution in [0.3, 0.4) is 0 Å². The van der Waals surface area contributed by atoms with Gasteiger partial charge in [0.2, 0.25) is 5.88 Å². The number of fused-ring (bicyclic) bond motifs is 1. The van der Waals surface area contributed by atoms with Crippen molar-refractivity contribution < 1.29 is 22.4 Å². The fraction of sp³-hybridized carbons (Fsp3) is 0.350. The summed E-state index contributed by atoms with van der Waals surface area (Å²) in [5, 5.41) is 2.73. The monoisotopic (exact) mass is 434 g/mol. The van der Waals surface area contributed by atoms with E-state index in [0.717, 1.165) is 24.7 Å². The van der Waals surface area contributed by atoms with Gasteiger partial charge in [0.15, 0.2) is 5.58 Å². The number of nitrogens with zero attached hydrogens (tertiary/aromatic N) is 3. The van der Waals surface area contributed by atoms with Crippen molar-refractivity contribution in [3.8, 4) is 0 Å². The van der Waals surface area contributed by atoms with Gasteiger partial charge < -0.3 is 26.1 Å². The molecule has 4 rings (SSSR count). The summed E-state index contributed by atoms with van der Waals surface area (Å²) >= 11 is 0. The van der Waals surface area contributed by atoms with Gasteiger partial charge in [-0.05, 0) is 24.5 Å². The van der Waals surface area contributed by atoms with Crippen molar-refractivity contribution in [1.29, 1.82) is 0 Å². The standard InChI is InChI=1S/C20H21F3N6O2/c1-10-4-12(24)9-29(8-10)14-2-3-26-7-13(14)28-19(30)16-17-15(31-18(16)25)5-11(6-27-17)20(21,22)23/h2-3,5-7,10,12H,4,8-9,24-25H2,1H3,(H,28,30)/t10-,12+/m0/s1. The Kier molecular flexibility index (Phi) is 5.21. The zero-order valence-corrected chi connectivity index (χ0v) is 16.6. The van der Waals surface area contributed by atoms with Crippen molar-refractivity contribution in [2.75, 3.05) is 29.0 Å². The molecule has 1 amide bonds. The maximum atomic E-state index is 13.0. The minimum Gasteiger partial charge on any atom is -0.438 e. The summed E-state index contributed by atoms with van der Waals surface area (Å²) in [6, 6.07) is 2.54. The SMILES string of the molecule is C[C@H]1C[C@@H](N)CN(c2ccncc2NC(=O)c2c(N)oc3cc(C(F)(F)F)cnc23)C1. The van der Waals surface area contributed by atoms with Crippen LogP contribution in [0.25, 0.3) is 11.1 Å². The van der Waals surface area contributed by atoms with Crippen LogP contribution >= 0.6 is 0 Å². The first-order valence-electron chi connectivity index (χ1n) is 9.64. The summed E-state index contributed by atoms with van der Waals surface area (Å²) in [5.74, 6) is -0.605. The number of hydrogen-bond donors (Lipinski definition) is 3. The molecule has 1 fully saturated rings. The number of pyridine rings is 2. The Balaban J connectivity index is 1.65. The summed E-state index contributed by atoms with van der Waals surface area (Å²) in [7, 11) is 0. The number of hydrogen-bond acceptors (Lipinski definition) is 7. The maximum absolute atomic E-state index is 13.0. The molecule has 1 saturated heterocycles. The van der Waals surface area contributed by atoms with Crippen molar-refractivity contribution >= 4 is 34.3 Å². The second kappa shape index (κ2) is 7.73. The van der Waals surface area contributed by atoms with Gasteiger partial charge in [-0.1, -0.05) is 6.92 Å². The molecule has 164 valence electrons. The van der Waals surface area contributed by atoms with E-state index in [-0.39, 0.29) is 28.6 Å². The first kappa shape index (κ1) is 20.9. The molecule has 0 aromatic carbocycles. The predicted octanol–water partition coefficient (Wildman–Crippen LogP) is 3.25. The fourth-order valence-corrected chi connectivity index (χ4v) is 3.91. The number of amides is 1. The number of rotatable bonds is 3. The van der Waals surface area contributed by atoms with Gasteiger partial charge in [0.05, 0.1) is 23.1 Å². The van der Waals surface area contributed by atoms with Gasteiger partial charge in [-0.2, -0.15) is 13.2 Å². The topological polar surface area (TPSA) is 123 Å². The number of nitrogen functional groups attached to an aromatic ring is 1. The molecule has 0 aliphatic carbocycles. The molecule has 0 spiro atoms. The minimum absolute atomic E-state index is 0.000886. The summed E-state index contributed by atoms with van der Waals surface area (Å²) in [6.07, 6.45) is 0.0536. The number of nitrogens with two attached hydrogens (primary N) is 2. The van der Waals surface area contributed by atoms with E-state index in [2.05, 4.69) is 27.1 Å². The number of halogens is 3. The van der Waals surface area contributed by atoms with Gasteiger partial charge in [0.25, 0.3) is 5.91 Å². The normalized spacial score (nSPS) is 19.6. The van der Waals surface area contributed by atoms with Crippen molar-refractivity contribution in [1.82, 2.24) is 9.97 Å². The zero-order chi connectivity index (χ0) is 22.3. The Morgan fingerprint density at radius 2 is 2.10 bits per heavy atom.